The highest BCUT2D eigenvalue weighted by atomic mass is 16.3. The van der Waals surface area contributed by atoms with E-state index < -0.39 is 70.3 Å². The summed E-state index contributed by atoms with van der Waals surface area (Å²) in [5, 5.41) is 75.7. The molecule has 0 aromatic heterocycles. The van der Waals surface area contributed by atoms with E-state index in [2.05, 4.69) is 0 Å². The average molecular weight is 511 g/mol. The number of hydrogen-bond acceptors (Lipinski definition) is 8. The van der Waals surface area contributed by atoms with Crippen molar-refractivity contribution in [1.29, 1.82) is 0 Å². The summed E-state index contributed by atoms with van der Waals surface area (Å²) in [7, 11) is 0. The summed E-state index contributed by atoms with van der Waals surface area (Å²) in [5.74, 6) is -1.58. The third-order valence-electron chi connectivity index (χ3n) is 11.5. The number of carbonyl (C=O) groups excluding carboxylic acids is 1. The molecule has 7 N–H and O–H groups in total. The molecule has 0 aliphatic heterocycles. The van der Waals surface area contributed by atoms with E-state index >= 15 is 0 Å². The van der Waals surface area contributed by atoms with Gasteiger partial charge in [-0.1, -0.05) is 20.8 Å². The SMILES string of the molecule is C[C@H](C[C@H](O)[C@](C)(O)[C@@H]1CC[C@]2(O)C3=CC(=O)[C@@H]4C[C@H](O)[C@H](O)C[C@]4(C)[C@@H]3CC[C@]12C)[C@](C)(O)CO. The molecule has 36 heavy (non-hydrogen) atoms. The zero-order valence-corrected chi connectivity index (χ0v) is 22.3. The standard InChI is InChI=1S/C28H46O8/c1-15(26(4,34)14-29)10-23(33)27(5,35)22-7-9-28(36)17-11-19(30)18-12-20(31)21(32)13-24(18,2)16(17)6-8-25(22,28)3/h11,15-16,18,20-23,29,31-36H,6-10,12-14H2,1-5H3/t15-,16-,18+,20+,21-,22-,23+,24-,25-,26-,27-,28+/m1/s1. The Kier molecular flexibility index (Phi) is 6.90. The van der Waals surface area contributed by atoms with Gasteiger partial charge >= 0.3 is 0 Å². The number of rotatable bonds is 6. The molecule has 0 aromatic carbocycles. The first-order valence-corrected chi connectivity index (χ1v) is 13.5. The van der Waals surface area contributed by atoms with Crippen LogP contribution in [-0.4, -0.2) is 83.3 Å². The van der Waals surface area contributed by atoms with Crippen molar-refractivity contribution >= 4 is 5.78 Å². The smallest absolute Gasteiger partial charge is 0.159 e. The van der Waals surface area contributed by atoms with Gasteiger partial charge in [0.25, 0.3) is 0 Å². The Balaban J connectivity index is 1.65. The van der Waals surface area contributed by atoms with Crippen molar-refractivity contribution in [2.24, 2.45) is 34.5 Å². The monoisotopic (exact) mass is 510 g/mol. The van der Waals surface area contributed by atoms with Crippen LogP contribution in [0.4, 0.5) is 0 Å². The molecule has 0 amide bonds. The summed E-state index contributed by atoms with van der Waals surface area (Å²) in [6.07, 6.45) is 1.20. The highest BCUT2D eigenvalue weighted by Gasteiger charge is 2.69. The third-order valence-corrected chi connectivity index (χ3v) is 11.5. The maximum absolute atomic E-state index is 13.3. The fourth-order valence-corrected chi connectivity index (χ4v) is 8.52. The van der Waals surface area contributed by atoms with Crippen molar-refractivity contribution in [3.8, 4) is 0 Å². The fraction of sp³-hybridized carbons (Fsp3) is 0.893. The van der Waals surface area contributed by atoms with Crippen molar-refractivity contribution in [1.82, 2.24) is 0 Å². The molecule has 8 nitrogen and oxygen atoms in total. The normalized spacial score (nSPS) is 47.5. The summed E-state index contributed by atoms with van der Waals surface area (Å²) in [6.45, 7) is 8.28. The van der Waals surface area contributed by atoms with Gasteiger partial charge in [0.1, 0.15) is 0 Å². The molecule has 3 fully saturated rings. The van der Waals surface area contributed by atoms with Crippen LogP contribution in [0.25, 0.3) is 0 Å². The Labute approximate surface area is 214 Å². The molecule has 0 aromatic rings. The first-order valence-electron chi connectivity index (χ1n) is 13.5. The van der Waals surface area contributed by atoms with Gasteiger partial charge in [-0.3, -0.25) is 4.79 Å². The Hall–Kier alpha value is -0.870. The number of hydrogen-bond donors (Lipinski definition) is 7. The van der Waals surface area contributed by atoms with Crippen molar-refractivity contribution in [2.45, 2.75) is 115 Å². The van der Waals surface area contributed by atoms with Crippen LogP contribution in [-0.2, 0) is 4.79 Å². The number of aliphatic hydroxyl groups excluding tert-OH is 4. The van der Waals surface area contributed by atoms with Crippen molar-refractivity contribution < 1.29 is 40.5 Å². The number of aliphatic hydroxyl groups is 7. The van der Waals surface area contributed by atoms with E-state index in [9.17, 15) is 40.5 Å². The van der Waals surface area contributed by atoms with E-state index in [-0.39, 0.29) is 24.5 Å². The maximum Gasteiger partial charge on any atom is 0.159 e. The van der Waals surface area contributed by atoms with Gasteiger partial charge in [0.2, 0.25) is 0 Å². The van der Waals surface area contributed by atoms with Gasteiger partial charge < -0.3 is 35.7 Å². The predicted molar refractivity (Wildman–Crippen MR) is 133 cm³/mol. The first-order chi connectivity index (χ1) is 16.5. The van der Waals surface area contributed by atoms with Crippen LogP contribution in [0.2, 0.25) is 0 Å². The summed E-state index contributed by atoms with van der Waals surface area (Å²) in [5.41, 5.74) is -4.98. The molecule has 4 aliphatic carbocycles. The van der Waals surface area contributed by atoms with Crippen LogP contribution in [0, 0.1) is 34.5 Å². The molecule has 0 bridgehead atoms. The summed E-state index contributed by atoms with van der Waals surface area (Å²) >= 11 is 0. The Morgan fingerprint density at radius 1 is 1.08 bits per heavy atom. The minimum absolute atomic E-state index is 0.0787. The molecule has 3 saturated carbocycles. The molecule has 4 rings (SSSR count). The molecule has 206 valence electrons. The van der Waals surface area contributed by atoms with Crippen LogP contribution in [0.5, 0.6) is 0 Å². The van der Waals surface area contributed by atoms with Gasteiger partial charge in [-0.05, 0) is 93.6 Å². The zero-order valence-electron chi connectivity index (χ0n) is 22.3. The number of fused-ring (bicyclic) bond motifs is 5. The van der Waals surface area contributed by atoms with Crippen molar-refractivity contribution in [2.75, 3.05) is 6.61 Å². The van der Waals surface area contributed by atoms with Gasteiger partial charge in [-0.15, -0.1) is 0 Å². The quantitative estimate of drug-likeness (QED) is 0.280. The van der Waals surface area contributed by atoms with Crippen LogP contribution in [0.15, 0.2) is 11.6 Å². The second-order valence-corrected chi connectivity index (χ2v) is 13.5. The van der Waals surface area contributed by atoms with E-state index in [4.69, 9.17) is 0 Å². The lowest BCUT2D eigenvalue weighted by molar-refractivity contribution is -0.180. The molecule has 0 heterocycles. The van der Waals surface area contributed by atoms with E-state index in [1.165, 1.54) is 6.92 Å². The summed E-state index contributed by atoms with van der Waals surface area (Å²) in [4.78, 5) is 13.3. The Bertz CT molecular complexity index is 913. The third kappa shape index (κ3) is 3.86. The average Bonchev–Trinajstić information content (AvgIpc) is 3.07. The fourth-order valence-electron chi connectivity index (χ4n) is 8.52. The Morgan fingerprint density at radius 3 is 2.33 bits per heavy atom. The molecule has 0 radical (unpaired) electrons. The lowest BCUT2D eigenvalue weighted by atomic mass is 9.45. The van der Waals surface area contributed by atoms with E-state index in [0.717, 1.165) is 0 Å². The van der Waals surface area contributed by atoms with Crippen molar-refractivity contribution in [3.05, 3.63) is 11.6 Å². The number of ketones is 1. The topological polar surface area (TPSA) is 159 Å². The van der Waals surface area contributed by atoms with Gasteiger partial charge in [0, 0.05) is 11.3 Å². The van der Waals surface area contributed by atoms with Gasteiger partial charge in [-0.25, -0.2) is 0 Å². The zero-order chi connectivity index (χ0) is 27.1. The predicted octanol–water partition coefficient (Wildman–Crippen LogP) is 1.07. The lowest BCUT2D eigenvalue weighted by Gasteiger charge is -2.60. The second-order valence-electron chi connectivity index (χ2n) is 13.5. The highest BCUT2D eigenvalue weighted by molar-refractivity contribution is 5.95. The molecule has 4 aliphatic rings. The Morgan fingerprint density at radius 2 is 1.72 bits per heavy atom. The largest absolute Gasteiger partial charge is 0.393 e. The molecule has 12 atom stereocenters. The van der Waals surface area contributed by atoms with Crippen molar-refractivity contribution in [3.63, 3.8) is 0 Å². The second kappa shape index (κ2) is 8.83. The van der Waals surface area contributed by atoms with E-state index in [0.29, 0.717) is 37.7 Å². The van der Waals surface area contributed by atoms with E-state index in [1.807, 2.05) is 13.8 Å². The van der Waals surface area contributed by atoms with Gasteiger partial charge in [0.15, 0.2) is 5.78 Å². The molecular weight excluding hydrogens is 464 g/mol. The number of carbonyl (C=O) groups is 1. The summed E-state index contributed by atoms with van der Waals surface area (Å²) < 4.78 is 0. The highest BCUT2D eigenvalue weighted by Crippen LogP contribution is 2.68. The first kappa shape index (κ1) is 28.1. The van der Waals surface area contributed by atoms with Crippen LogP contribution in [0.3, 0.4) is 0 Å². The molecular formula is C28H46O8. The maximum atomic E-state index is 13.3. The minimum Gasteiger partial charge on any atom is -0.393 e. The van der Waals surface area contributed by atoms with Crippen LogP contribution < -0.4 is 0 Å². The van der Waals surface area contributed by atoms with Gasteiger partial charge in [-0.2, -0.15) is 0 Å². The summed E-state index contributed by atoms with van der Waals surface area (Å²) in [6, 6.07) is 0. The van der Waals surface area contributed by atoms with Gasteiger partial charge in [0.05, 0.1) is 41.7 Å². The molecule has 0 saturated heterocycles. The van der Waals surface area contributed by atoms with Crippen LogP contribution in [0.1, 0.15) is 79.6 Å². The molecule has 8 heteroatoms. The molecule has 0 spiro atoms. The number of allylic oxidation sites excluding steroid dienone is 1. The minimum atomic E-state index is -1.57. The van der Waals surface area contributed by atoms with E-state index in [1.54, 1.807) is 19.9 Å². The lowest BCUT2D eigenvalue weighted by Crippen LogP contribution is -2.63. The van der Waals surface area contributed by atoms with Crippen LogP contribution >= 0.6 is 0 Å². The molecule has 0 unspecified atom stereocenters.